The van der Waals surface area contributed by atoms with Crippen molar-refractivity contribution in [2.24, 2.45) is 0 Å². The molecule has 0 aliphatic heterocycles. The summed E-state index contributed by atoms with van der Waals surface area (Å²) < 4.78 is 6.06. The second kappa shape index (κ2) is 11.2. The first kappa shape index (κ1) is 24.7. The molecule has 0 atom stereocenters. The average molecular weight is 423 g/mol. The number of phenols is 2. The fourth-order valence-corrected chi connectivity index (χ4v) is 3.94. The van der Waals surface area contributed by atoms with Gasteiger partial charge in [0, 0.05) is 17.0 Å². The predicted molar refractivity (Wildman–Crippen MR) is 130 cm³/mol. The van der Waals surface area contributed by atoms with E-state index in [4.69, 9.17) is 4.74 Å². The largest absolute Gasteiger partial charge is 0.507 e. The van der Waals surface area contributed by atoms with Crippen molar-refractivity contribution in [3.05, 3.63) is 80.9 Å². The second-order valence-corrected chi connectivity index (χ2v) is 9.00. The molecule has 0 amide bonds. The summed E-state index contributed by atoms with van der Waals surface area (Å²) in [4.78, 5) is 0. The first-order chi connectivity index (χ1) is 14.6. The van der Waals surface area contributed by atoms with E-state index >= 15 is 0 Å². The van der Waals surface area contributed by atoms with Crippen LogP contribution < -0.4 is 0 Å². The Balaban J connectivity index is 2.28. The summed E-state index contributed by atoms with van der Waals surface area (Å²) in [5.41, 5.74) is 8.05. The van der Waals surface area contributed by atoms with E-state index < -0.39 is 0 Å². The smallest absolute Gasteiger partial charge is 0.122 e. The summed E-state index contributed by atoms with van der Waals surface area (Å²) >= 11 is 0. The minimum Gasteiger partial charge on any atom is -0.507 e. The van der Waals surface area contributed by atoms with E-state index in [1.807, 2.05) is 52.0 Å². The highest BCUT2D eigenvalue weighted by Crippen LogP contribution is 2.39. The lowest BCUT2D eigenvalue weighted by atomic mass is 9.86. The lowest BCUT2D eigenvalue weighted by molar-refractivity contribution is 0.152. The highest BCUT2D eigenvalue weighted by molar-refractivity contribution is 5.53. The normalized spacial score (nSPS) is 11.8. The molecule has 0 spiro atoms. The second-order valence-electron chi connectivity index (χ2n) is 9.00. The fourth-order valence-electron chi connectivity index (χ4n) is 3.94. The third-order valence-electron chi connectivity index (χ3n) is 5.62. The SMILES string of the molecule is CC(C)=CCCC(C)=CCOCC(c1cc(C)cc(C)c1O)c1cc(C)cc(C)c1O. The zero-order valence-corrected chi connectivity index (χ0v) is 20.2. The third kappa shape index (κ3) is 7.00. The number of phenolic OH excluding ortho intramolecular Hbond substituents is 2. The zero-order chi connectivity index (χ0) is 23.1. The molecule has 0 aliphatic rings. The van der Waals surface area contributed by atoms with E-state index in [1.165, 1.54) is 11.1 Å². The Hall–Kier alpha value is -2.52. The van der Waals surface area contributed by atoms with Gasteiger partial charge in [-0.15, -0.1) is 0 Å². The Morgan fingerprint density at radius 3 is 1.84 bits per heavy atom. The third-order valence-corrected chi connectivity index (χ3v) is 5.62. The quantitative estimate of drug-likeness (QED) is 0.332. The monoisotopic (exact) mass is 422 g/mol. The molecule has 0 aromatic heterocycles. The number of aryl methyl sites for hydroxylation is 4. The summed E-state index contributed by atoms with van der Waals surface area (Å²) in [5.74, 6) is 0.286. The summed E-state index contributed by atoms with van der Waals surface area (Å²) in [6.45, 7) is 15.1. The number of hydrogen-bond donors (Lipinski definition) is 2. The lowest BCUT2D eigenvalue weighted by Crippen LogP contribution is -2.12. The molecule has 31 heavy (non-hydrogen) atoms. The van der Waals surface area contributed by atoms with Gasteiger partial charge in [-0.3, -0.25) is 0 Å². The van der Waals surface area contributed by atoms with Crippen LogP contribution >= 0.6 is 0 Å². The molecular weight excluding hydrogens is 384 g/mol. The fraction of sp³-hybridized carbons (Fsp3) is 0.429. The molecular formula is C28H38O3. The first-order valence-electron chi connectivity index (χ1n) is 11.1. The molecule has 0 saturated carbocycles. The van der Waals surface area contributed by atoms with Crippen LogP contribution in [-0.2, 0) is 4.74 Å². The maximum absolute atomic E-state index is 10.8. The average Bonchev–Trinajstić information content (AvgIpc) is 2.68. The minimum atomic E-state index is -0.253. The van der Waals surface area contributed by atoms with Gasteiger partial charge in [-0.05, 0) is 72.4 Å². The van der Waals surface area contributed by atoms with Gasteiger partial charge in [0.05, 0.1) is 13.2 Å². The van der Waals surface area contributed by atoms with Gasteiger partial charge in [0.2, 0.25) is 0 Å². The molecule has 168 valence electrons. The molecule has 2 N–H and O–H groups in total. The van der Waals surface area contributed by atoms with Crippen molar-refractivity contribution in [1.29, 1.82) is 0 Å². The predicted octanol–water partition coefficient (Wildman–Crippen LogP) is 7.17. The van der Waals surface area contributed by atoms with Gasteiger partial charge in [0.1, 0.15) is 11.5 Å². The van der Waals surface area contributed by atoms with Gasteiger partial charge < -0.3 is 14.9 Å². The van der Waals surface area contributed by atoms with Gasteiger partial charge >= 0.3 is 0 Å². The van der Waals surface area contributed by atoms with Gasteiger partial charge in [-0.1, -0.05) is 58.7 Å². The molecule has 0 aliphatic carbocycles. The van der Waals surface area contributed by atoms with Gasteiger partial charge in [-0.25, -0.2) is 0 Å². The van der Waals surface area contributed by atoms with Crippen LogP contribution in [0.15, 0.2) is 47.6 Å². The van der Waals surface area contributed by atoms with Crippen LogP contribution in [0.5, 0.6) is 11.5 Å². The highest BCUT2D eigenvalue weighted by atomic mass is 16.5. The summed E-state index contributed by atoms with van der Waals surface area (Å²) in [5, 5.41) is 21.6. The van der Waals surface area contributed by atoms with Crippen molar-refractivity contribution in [3.63, 3.8) is 0 Å². The van der Waals surface area contributed by atoms with E-state index in [2.05, 4.69) is 32.9 Å². The van der Waals surface area contributed by atoms with Crippen LogP contribution in [0.2, 0.25) is 0 Å². The molecule has 0 fully saturated rings. The number of ether oxygens (including phenoxy) is 1. The molecule has 0 radical (unpaired) electrons. The Kier molecular flexibility index (Phi) is 8.94. The van der Waals surface area contributed by atoms with Crippen LogP contribution in [0.4, 0.5) is 0 Å². The van der Waals surface area contributed by atoms with E-state index in [0.717, 1.165) is 46.2 Å². The Bertz CT molecular complexity index is 905. The highest BCUT2D eigenvalue weighted by Gasteiger charge is 2.23. The van der Waals surface area contributed by atoms with Crippen LogP contribution in [0.1, 0.15) is 72.9 Å². The van der Waals surface area contributed by atoms with Crippen molar-refractivity contribution in [2.75, 3.05) is 13.2 Å². The zero-order valence-electron chi connectivity index (χ0n) is 20.2. The number of rotatable bonds is 9. The summed E-state index contributed by atoms with van der Waals surface area (Å²) in [7, 11) is 0. The van der Waals surface area contributed by atoms with Crippen molar-refractivity contribution < 1.29 is 14.9 Å². The number of aromatic hydroxyl groups is 2. The Labute approximate surface area is 188 Å². The van der Waals surface area contributed by atoms with Crippen LogP contribution in [0.25, 0.3) is 0 Å². The van der Waals surface area contributed by atoms with Crippen LogP contribution in [0, 0.1) is 27.7 Å². The van der Waals surface area contributed by atoms with Crippen molar-refractivity contribution in [1.82, 2.24) is 0 Å². The van der Waals surface area contributed by atoms with Crippen molar-refractivity contribution in [2.45, 2.75) is 67.2 Å². The lowest BCUT2D eigenvalue weighted by Gasteiger charge is -2.23. The van der Waals surface area contributed by atoms with E-state index in [9.17, 15) is 10.2 Å². The Morgan fingerprint density at radius 2 is 1.35 bits per heavy atom. The van der Waals surface area contributed by atoms with Crippen molar-refractivity contribution >= 4 is 0 Å². The van der Waals surface area contributed by atoms with Gasteiger partial charge in [0.25, 0.3) is 0 Å². The standard InChI is InChI=1S/C28H38O3/c1-18(2)9-8-10-19(3)11-12-31-17-26(24-15-20(4)13-22(6)27(24)29)25-16-21(5)14-23(7)28(25)30/h9,11,13-16,26,29-30H,8,10,12,17H2,1-7H3. The van der Waals surface area contributed by atoms with Crippen LogP contribution in [0.3, 0.4) is 0 Å². The molecule has 2 rings (SSSR count). The topological polar surface area (TPSA) is 49.7 Å². The number of benzene rings is 2. The number of hydrogen-bond acceptors (Lipinski definition) is 3. The minimum absolute atomic E-state index is 0.253. The molecule has 0 heterocycles. The van der Waals surface area contributed by atoms with Gasteiger partial charge in [0.15, 0.2) is 0 Å². The first-order valence-corrected chi connectivity index (χ1v) is 11.1. The molecule has 3 nitrogen and oxygen atoms in total. The van der Waals surface area contributed by atoms with Crippen LogP contribution in [-0.4, -0.2) is 23.4 Å². The van der Waals surface area contributed by atoms with E-state index in [1.54, 1.807) is 0 Å². The maximum Gasteiger partial charge on any atom is 0.122 e. The maximum atomic E-state index is 10.8. The Morgan fingerprint density at radius 1 is 0.839 bits per heavy atom. The van der Waals surface area contributed by atoms with Crippen molar-refractivity contribution in [3.8, 4) is 11.5 Å². The molecule has 0 unspecified atom stereocenters. The van der Waals surface area contributed by atoms with E-state index in [-0.39, 0.29) is 17.4 Å². The number of allylic oxidation sites excluding steroid dienone is 3. The molecule has 2 aromatic carbocycles. The molecule has 3 heteroatoms. The van der Waals surface area contributed by atoms with Gasteiger partial charge in [-0.2, -0.15) is 0 Å². The summed E-state index contributed by atoms with van der Waals surface area (Å²) in [6.07, 6.45) is 6.44. The summed E-state index contributed by atoms with van der Waals surface area (Å²) in [6, 6.07) is 7.93. The molecule has 2 aromatic rings. The molecule has 0 bridgehead atoms. The molecule has 0 saturated heterocycles. The van der Waals surface area contributed by atoms with E-state index in [0.29, 0.717) is 13.2 Å².